The van der Waals surface area contributed by atoms with E-state index in [4.69, 9.17) is 0 Å². The molecule has 2 aliphatic rings. The van der Waals surface area contributed by atoms with Gasteiger partial charge in [0.1, 0.15) is 5.82 Å². The molecule has 2 amide bonds. The minimum absolute atomic E-state index is 0.0371. The molecule has 3 heterocycles. The van der Waals surface area contributed by atoms with Gasteiger partial charge in [-0.25, -0.2) is 9.78 Å². The first-order chi connectivity index (χ1) is 13.6. The molecule has 2 unspecified atom stereocenters. The molecule has 1 saturated heterocycles. The van der Waals surface area contributed by atoms with Crippen molar-refractivity contribution >= 4 is 11.8 Å². The first-order valence-electron chi connectivity index (χ1n) is 10.4. The summed E-state index contributed by atoms with van der Waals surface area (Å²) in [6.07, 6.45) is 4.15. The largest absolute Gasteiger partial charge is 0.352 e. The van der Waals surface area contributed by atoms with Gasteiger partial charge in [-0.15, -0.1) is 0 Å². The van der Waals surface area contributed by atoms with E-state index < -0.39 is 0 Å². The highest BCUT2D eigenvalue weighted by Crippen LogP contribution is 2.23. The standard InChI is InChI=1S/C23H30N4O/c1-17-11-18(2)15-27(14-17)23(28)25-13-19-7-8-22(24-12-19)26-10-9-20-5-3-4-6-21(20)16-26/h3-8,12,17-18H,9-11,13-16H2,1-2H3,(H,25,28). The van der Waals surface area contributed by atoms with Crippen LogP contribution < -0.4 is 10.2 Å². The van der Waals surface area contributed by atoms with Gasteiger partial charge in [-0.1, -0.05) is 44.2 Å². The van der Waals surface area contributed by atoms with E-state index in [2.05, 4.69) is 65.4 Å². The molecule has 1 fully saturated rings. The number of carbonyl (C=O) groups is 1. The molecule has 0 bridgehead atoms. The van der Waals surface area contributed by atoms with E-state index in [-0.39, 0.29) is 6.03 Å². The highest BCUT2D eigenvalue weighted by atomic mass is 16.2. The Bertz CT molecular complexity index is 810. The van der Waals surface area contributed by atoms with E-state index in [0.717, 1.165) is 44.0 Å². The Kier molecular flexibility index (Phi) is 5.51. The maximum absolute atomic E-state index is 12.5. The summed E-state index contributed by atoms with van der Waals surface area (Å²) in [5, 5.41) is 3.06. The normalized spacial score (nSPS) is 21.9. The Hall–Kier alpha value is -2.56. The fraction of sp³-hybridized carbons (Fsp3) is 0.478. The van der Waals surface area contributed by atoms with Crippen LogP contribution in [-0.2, 0) is 19.5 Å². The van der Waals surface area contributed by atoms with Crippen molar-refractivity contribution in [3.05, 3.63) is 59.3 Å². The summed E-state index contributed by atoms with van der Waals surface area (Å²) >= 11 is 0. The van der Waals surface area contributed by atoms with Crippen molar-refractivity contribution in [2.45, 2.75) is 39.8 Å². The van der Waals surface area contributed by atoms with E-state index in [0.29, 0.717) is 18.4 Å². The average molecular weight is 379 g/mol. The second-order valence-electron chi connectivity index (χ2n) is 8.47. The number of fused-ring (bicyclic) bond motifs is 1. The van der Waals surface area contributed by atoms with E-state index in [1.807, 2.05) is 11.1 Å². The Morgan fingerprint density at radius 3 is 2.57 bits per heavy atom. The molecule has 1 aromatic heterocycles. The van der Waals surface area contributed by atoms with Gasteiger partial charge in [0.15, 0.2) is 0 Å². The topological polar surface area (TPSA) is 48.5 Å². The molecule has 148 valence electrons. The molecule has 2 aliphatic heterocycles. The quantitative estimate of drug-likeness (QED) is 0.883. The minimum atomic E-state index is 0.0371. The summed E-state index contributed by atoms with van der Waals surface area (Å²) < 4.78 is 0. The maximum Gasteiger partial charge on any atom is 0.317 e. The van der Waals surface area contributed by atoms with Crippen molar-refractivity contribution < 1.29 is 4.79 Å². The highest BCUT2D eigenvalue weighted by molar-refractivity contribution is 5.74. The first-order valence-corrected chi connectivity index (χ1v) is 10.4. The minimum Gasteiger partial charge on any atom is -0.352 e. The van der Waals surface area contributed by atoms with Gasteiger partial charge in [0.25, 0.3) is 0 Å². The average Bonchev–Trinajstić information content (AvgIpc) is 2.71. The van der Waals surface area contributed by atoms with Crippen LogP contribution in [0.1, 0.15) is 37.0 Å². The number of pyridine rings is 1. The first kappa shape index (κ1) is 18.8. The van der Waals surface area contributed by atoms with Gasteiger partial charge in [-0.3, -0.25) is 0 Å². The zero-order valence-corrected chi connectivity index (χ0v) is 16.9. The molecule has 4 rings (SSSR count). The number of hydrogen-bond acceptors (Lipinski definition) is 3. The van der Waals surface area contributed by atoms with Crippen LogP contribution in [0.4, 0.5) is 10.6 Å². The van der Waals surface area contributed by atoms with Crippen LogP contribution in [0.25, 0.3) is 0 Å². The van der Waals surface area contributed by atoms with Crippen molar-refractivity contribution in [1.29, 1.82) is 0 Å². The molecule has 0 spiro atoms. The number of likely N-dealkylation sites (tertiary alicyclic amines) is 1. The Morgan fingerprint density at radius 1 is 1.11 bits per heavy atom. The summed E-state index contributed by atoms with van der Waals surface area (Å²) in [5.74, 6) is 2.15. The predicted octanol–water partition coefficient (Wildman–Crippen LogP) is 3.83. The molecule has 2 aromatic rings. The summed E-state index contributed by atoms with van der Waals surface area (Å²) in [6, 6.07) is 12.8. The van der Waals surface area contributed by atoms with Gasteiger partial charge < -0.3 is 15.1 Å². The number of amides is 2. The molecule has 1 aromatic carbocycles. The summed E-state index contributed by atoms with van der Waals surface area (Å²) in [4.78, 5) is 21.4. The molecule has 1 N–H and O–H groups in total. The van der Waals surface area contributed by atoms with Gasteiger partial charge >= 0.3 is 6.03 Å². The lowest BCUT2D eigenvalue weighted by Gasteiger charge is -2.35. The number of piperidine rings is 1. The van der Waals surface area contributed by atoms with Crippen molar-refractivity contribution in [3.8, 4) is 0 Å². The summed E-state index contributed by atoms with van der Waals surface area (Å²) in [5.41, 5.74) is 3.86. The van der Waals surface area contributed by atoms with Crippen molar-refractivity contribution in [3.63, 3.8) is 0 Å². The van der Waals surface area contributed by atoms with Crippen LogP contribution in [0.2, 0.25) is 0 Å². The Morgan fingerprint density at radius 2 is 1.86 bits per heavy atom. The predicted molar refractivity (Wildman–Crippen MR) is 112 cm³/mol. The number of nitrogens with one attached hydrogen (secondary N) is 1. The lowest BCUT2D eigenvalue weighted by atomic mass is 9.92. The fourth-order valence-corrected chi connectivity index (χ4v) is 4.52. The van der Waals surface area contributed by atoms with Crippen molar-refractivity contribution in [1.82, 2.24) is 15.2 Å². The smallest absolute Gasteiger partial charge is 0.317 e. The molecule has 0 aliphatic carbocycles. The second kappa shape index (κ2) is 8.21. The number of rotatable bonds is 3. The van der Waals surface area contributed by atoms with Gasteiger partial charge in [0.2, 0.25) is 0 Å². The Balaban J connectivity index is 1.32. The fourth-order valence-electron chi connectivity index (χ4n) is 4.52. The number of benzene rings is 1. The molecular formula is C23H30N4O. The van der Waals surface area contributed by atoms with Gasteiger partial charge in [0, 0.05) is 38.9 Å². The molecule has 28 heavy (non-hydrogen) atoms. The number of nitrogens with zero attached hydrogens (tertiary/aromatic N) is 3. The lowest BCUT2D eigenvalue weighted by molar-refractivity contribution is 0.146. The number of hydrogen-bond donors (Lipinski definition) is 1. The van der Waals surface area contributed by atoms with Gasteiger partial charge in [-0.2, -0.15) is 0 Å². The van der Waals surface area contributed by atoms with Crippen LogP contribution in [0.3, 0.4) is 0 Å². The summed E-state index contributed by atoms with van der Waals surface area (Å²) in [7, 11) is 0. The van der Waals surface area contributed by atoms with E-state index in [1.165, 1.54) is 17.5 Å². The van der Waals surface area contributed by atoms with E-state index >= 15 is 0 Å². The number of aromatic nitrogens is 1. The molecule has 5 nitrogen and oxygen atoms in total. The zero-order valence-electron chi connectivity index (χ0n) is 16.9. The third-order valence-electron chi connectivity index (χ3n) is 5.86. The number of carbonyl (C=O) groups excluding carboxylic acids is 1. The van der Waals surface area contributed by atoms with Gasteiger partial charge in [-0.05, 0) is 47.4 Å². The maximum atomic E-state index is 12.5. The van der Waals surface area contributed by atoms with Crippen LogP contribution in [0, 0.1) is 11.8 Å². The SMILES string of the molecule is CC1CC(C)CN(C(=O)NCc2ccc(N3CCc4ccccc4C3)nc2)C1. The monoisotopic (exact) mass is 378 g/mol. The molecule has 0 saturated carbocycles. The van der Waals surface area contributed by atoms with Crippen LogP contribution in [0.15, 0.2) is 42.6 Å². The summed E-state index contributed by atoms with van der Waals surface area (Å²) in [6.45, 7) is 8.56. The van der Waals surface area contributed by atoms with E-state index in [9.17, 15) is 4.79 Å². The zero-order chi connectivity index (χ0) is 19.5. The second-order valence-corrected chi connectivity index (χ2v) is 8.47. The molecule has 2 atom stereocenters. The molecule has 5 heteroatoms. The number of urea groups is 1. The lowest BCUT2D eigenvalue weighted by Crippen LogP contribution is -2.47. The van der Waals surface area contributed by atoms with Crippen LogP contribution in [-0.4, -0.2) is 35.5 Å². The third kappa shape index (κ3) is 4.29. The number of anilines is 1. The molecule has 0 radical (unpaired) electrons. The third-order valence-corrected chi connectivity index (χ3v) is 5.86. The van der Waals surface area contributed by atoms with Crippen molar-refractivity contribution in [2.24, 2.45) is 11.8 Å². The van der Waals surface area contributed by atoms with Crippen LogP contribution in [0.5, 0.6) is 0 Å². The highest BCUT2D eigenvalue weighted by Gasteiger charge is 2.25. The molecular weight excluding hydrogens is 348 g/mol. The van der Waals surface area contributed by atoms with E-state index in [1.54, 1.807) is 0 Å². The van der Waals surface area contributed by atoms with Crippen molar-refractivity contribution in [2.75, 3.05) is 24.5 Å². The van der Waals surface area contributed by atoms with Gasteiger partial charge in [0.05, 0.1) is 0 Å². The van der Waals surface area contributed by atoms with Crippen LogP contribution >= 0.6 is 0 Å². The Labute approximate surface area is 167 Å².